The molecule has 0 amide bonds. The summed E-state index contributed by atoms with van der Waals surface area (Å²) in [6.07, 6.45) is 10.9. The van der Waals surface area contributed by atoms with Crippen molar-refractivity contribution >= 4 is 22.7 Å². The molecule has 0 heterocycles. The third kappa shape index (κ3) is 5.43. The van der Waals surface area contributed by atoms with Crippen LogP contribution in [0.4, 0.5) is 5.69 Å². The fourth-order valence-electron chi connectivity index (χ4n) is 3.42. The minimum absolute atomic E-state index is 0.261. The van der Waals surface area contributed by atoms with Gasteiger partial charge in [0.2, 0.25) is 0 Å². The minimum Gasteiger partial charge on any atom is -0.507 e. The third-order valence-electron chi connectivity index (χ3n) is 5.05. The van der Waals surface area contributed by atoms with Gasteiger partial charge in [0.1, 0.15) is 5.75 Å². The first-order valence-electron chi connectivity index (χ1n) is 10.1. The molecule has 0 spiro atoms. The van der Waals surface area contributed by atoms with Crippen molar-refractivity contribution < 1.29 is 5.11 Å². The maximum Gasteiger partial charge on any atom is 0.124 e. The Morgan fingerprint density at radius 2 is 1.56 bits per heavy atom. The molecular weight excluding hydrogens is 330 g/mol. The predicted molar refractivity (Wildman–Crippen MR) is 116 cm³/mol. The van der Waals surface area contributed by atoms with E-state index < -0.39 is 0 Å². The van der Waals surface area contributed by atoms with Crippen LogP contribution in [0.15, 0.2) is 65.7 Å². The smallest absolute Gasteiger partial charge is 0.124 e. The van der Waals surface area contributed by atoms with Gasteiger partial charge < -0.3 is 5.11 Å². The molecule has 0 fully saturated rings. The second kappa shape index (κ2) is 9.91. The Kier molecular flexibility index (Phi) is 7.04. The molecule has 0 aliphatic rings. The van der Waals surface area contributed by atoms with Gasteiger partial charge in [0.25, 0.3) is 0 Å². The molecular formula is C25H29NO. The van der Waals surface area contributed by atoms with E-state index in [0.29, 0.717) is 0 Å². The molecule has 0 aromatic heterocycles. The number of phenols is 1. The molecule has 3 rings (SSSR count). The summed E-state index contributed by atoms with van der Waals surface area (Å²) in [4.78, 5) is 4.57. The van der Waals surface area contributed by atoms with Crippen LogP contribution in [0.5, 0.6) is 5.75 Å². The lowest BCUT2D eigenvalue weighted by Gasteiger charge is -2.05. The van der Waals surface area contributed by atoms with E-state index in [-0.39, 0.29) is 5.75 Å². The van der Waals surface area contributed by atoms with E-state index in [2.05, 4.69) is 36.2 Å². The van der Waals surface area contributed by atoms with Crippen molar-refractivity contribution in [2.24, 2.45) is 4.99 Å². The number of hydrogen-bond acceptors (Lipinski definition) is 2. The Labute approximate surface area is 162 Å². The summed E-state index contributed by atoms with van der Waals surface area (Å²) in [5.74, 6) is 0.261. The fraction of sp³-hybridized carbons (Fsp3) is 0.320. The highest BCUT2D eigenvalue weighted by molar-refractivity contribution is 6.02. The molecule has 2 heteroatoms. The molecule has 0 bridgehead atoms. The van der Waals surface area contributed by atoms with Gasteiger partial charge in [-0.05, 0) is 47.4 Å². The molecule has 140 valence electrons. The Balaban J connectivity index is 1.61. The predicted octanol–water partition coefficient (Wildman–Crippen LogP) is 7.20. The van der Waals surface area contributed by atoms with Gasteiger partial charge in [0.15, 0.2) is 0 Å². The summed E-state index contributed by atoms with van der Waals surface area (Å²) in [6, 6.07) is 20.2. The first-order valence-corrected chi connectivity index (χ1v) is 10.1. The standard InChI is InChI=1S/C25H29NO/c1-2-3-4-5-6-7-10-20-13-16-22(17-14-20)26-19-24-23-12-9-8-11-21(23)15-18-25(24)27/h8-9,11-19,27H,2-7,10H2,1H3. The summed E-state index contributed by atoms with van der Waals surface area (Å²) in [6.45, 7) is 2.26. The monoisotopic (exact) mass is 359 g/mol. The number of rotatable bonds is 9. The minimum atomic E-state index is 0.261. The average molecular weight is 360 g/mol. The first-order chi connectivity index (χ1) is 13.3. The number of nitrogens with zero attached hydrogens (tertiary/aromatic N) is 1. The van der Waals surface area contributed by atoms with Gasteiger partial charge in [0.05, 0.1) is 5.69 Å². The van der Waals surface area contributed by atoms with Crippen molar-refractivity contribution in [2.45, 2.75) is 51.9 Å². The van der Waals surface area contributed by atoms with Crippen LogP contribution in [-0.2, 0) is 6.42 Å². The highest BCUT2D eigenvalue weighted by Gasteiger charge is 2.04. The molecule has 2 nitrogen and oxygen atoms in total. The normalized spacial score (nSPS) is 11.4. The van der Waals surface area contributed by atoms with E-state index in [1.54, 1.807) is 12.3 Å². The number of hydrogen-bond donors (Lipinski definition) is 1. The Bertz CT molecular complexity index is 880. The van der Waals surface area contributed by atoms with Gasteiger partial charge >= 0.3 is 0 Å². The maximum atomic E-state index is 10.2. The van der Waals surface area contributed by atoms with Crippen molar-refractivity contribution in [1.29, 1.82) is 0 Å². The van der Waals surface area contributed by atoms with E-state index in [9.17, 15) is 5.11 Å². The lowest BCUT2D eigenvalue weighted by molar-refractivity contribution is 0.475. The Morgan fingerprint density at radius 3 is 2.37 bits per heavy atom. The Hall–Kier alpha value is -2.61. The van der Waals surface area contributed by atoms with Crippen LogP contribution in [0.25, 0.3) is 10.8 Å². The van der Waals surface area contributed by atoms with Gasteiger partial charge in [0, 0.05) is 11.8 Å². The summed E-state index contributed by atoms with van der Waals surface area (Å²) in [5, 5.41) is 12.3. The van der Waals surface area contributed by atoms with Crippen molar-refractivity contribution in [3.05, 3.63) is 71.8 Å². The molecule has 0 atom stereocenters. The molecule has 0 aliphatic carbocycles. The Morgan fingerprint density at radius 1 is 0.815 bits per heavy atom. The van der Waals surface area contributed by atoms with E-state index in [1.165, 1.54) is 44.1 Å². The summed E-state index contributed by atoms with van der Waals surface area (Å²) in [5.41, 5.74) is 3.05. The van der Waals surface area contributed by atoms with Crippen LogP contribution >= 0.6 is 0 Å². The van der Waals surface area contributed by atoms with Gasteiger partial charge in [-0.25, -0.2) is 0 Å². The second-order valence-corrected chi connectivity index (χ2v) is 7.16. The van der Waals surface area contributed by atoms with Gasteiger partial charge in [-0.2, -0.15) is 0 Å². The van der Waals surface area contributed by atoms with E-state index in [0.717, 1.165) is 28.4 Å². The van der Waals surface area contributed by atoms with Gasteiger partial charge in [-0.1, -0.05) is 81.5 Å². The number of aliphatic imine (C=N–C) groups is 1. The van der Waals surface area contributed by atoms with Gasteiger partial charge in [-0.15, -0.1) is 0 Å². The van der Waals surface area contributed by atoms with Crippen molar-refractivity contribution in [1.82, 2.24) is 0 Å². The van der Waals surface area contributed by atoms with Crippen LogP contribution in [-0.4, -0.2) is 11.3 Å². The quantitative estimate of drug-likeness (QED) is 0.318. The highest BCUT2D eigenvalue weighted by Crippen LogP contribution is 2.26. The molecule has 0 radical (unpaired) electrons. The molecule has 0 unspecified atom stereocenters. The summed E-state index contributed by atoms with van der Waals surface area (Å²) < 4.78 is 0. The number of aromatic hydroxyl groups is 1. The van der Waals surface area contributed by atoms with Crippen molar-refractivity contribution in [2.75, 3.05) is 0 Å². The molecule has 0 saturated heterocycles. The molecule has 27 heavy (non-hydrogen) atoms. The van der Waals surface area contributed by atoms with E-state index in [4.69, 9.17) is 0 Å². The largest absolute Gasteiger partial charge is 0.507 e. The first kappa shape index (κ1) is 19.2. The van der Waals surface area contributed by atoms with Crippen LogP contribution in [0, 0.1) is 0 Å². The molecule has 3 aromatic carbocycles. The number of benzene rings is 3. The zero-order chi connectivity index (χ0) is 18.9. The fourth-order valence-corrected chi connectivity index (χ4v) is 3.42. The maximum absolute atomic E-state index is 10.2. The van der Waals surface area contributed by atoms with Crippen LogP contribution < -0.4 is 0 Å². The second-order valence-electron chi connectivity index (χ2n) is 7.16. The summed E-state index contributed by atoms with van der Waals surface area (Å²) in [7, 11) is 0. The molecule has 1 N–H and O–H groups in total. The topological polar surface area (TPSA) is 32.6 Å². The SMILES string of the molecule is CCCCCCCCc1ccc(N=Cc2c(O)ccc3ccccc23)cc1. The van der Waals surface area contributed by atoms with Crippen molar-refractivity contribution in [3.63, 3.8) is 0 Å². The third-order valence-corrected chi connectivity index (χ3v) is 5.05. The van der Waals surface area contributed by atoms with Crippen LogP contribution in [0.1, 0.15) is 56.6 Å². The number of fused-ring (bicyclic) bond motifs is 1. The zero-order valence-corrected chi connectivity index (χ0v) is 16.2. The van der Waals surface area contributed by atoms with Crippen LogP contribution in [0.2, 0.25) is 0 Å². The lowest BCUT2D eigenvalue weighted by atomic mass is 10.0. The lowest BCUT2D eigenvalue weighted by Crippen LogP contribution is -1.87. The van der Waals surface area contributed by atoms with Crippen molar-refractivity contribution in [3.8, 4) is 5.75 Å². The summed E-state index contributed by atoms with van der Waals surface area (Å²) >= 11 is 0. The average Bonchev–Trinajstić information content (AvgIpc) is 2.71. The highest BCUT2D eigenvalue weighted by atomic mass is 16.3. The number of aryl methyl sites for hydroxylation is 1. The van der Waals surface area contributed by atoms with Gasteiger partial charge in [-0.3, -0.25) is 4.99 Å². The number of phenolic OH excluding ortho intramolecular Hbond substituents is 1. The molecule has 0 saturated carbocycles. The molecule has 3 aromatic rings. The zero-order valence-electron chi connectivity index (χ0n) is 16.2. The number of unbranched alkanes of at least 4 members (excludes halogenated alkanes) is 5. The molecule has 0 aliphatic heterocycles. The van der Waals surface area contributed by atoms with E-state index in [1.807, 2.05) is 30.3 Å². The van der Waals surface area contributed by atoms with Crippen LogP contribution in [0.3, 0.4) is 0 Å². The van der Waals surface area contributed by atoms with E-state index >= 15 is 0 Å².